The second-order valence-electron chi connectivity index (χ2n) is 5.87. The van der Waals surface area contributed by atoms with E-state index in [0.29, 0.717) is 17.7 Å². The Morgan fingerprint density at radius 3 is 2.54 bits per heavy atom. The van der Waals surface area contributed by atoms with Crippen LogP contribution in [-0.2, 0) is 27.3 Å². The van der Waals surface area contributed by atoms with Gasteiger partial charge >= 0.3 is 18.1 Å². The fraction of sp³-hybridized carbons (Fsp3) is 0.235. The van der Waals surface area contributed by atoms with E-state index < -0.39 is 24.2 Å². The summed E-state index contributed by atoms with van der Waals surface area (Å²) in [4.78, 5) is 34.8. The molecular formula is C17H14F3N5O3. The highest BCUT2D eigenvalue weighted by Gasteiger charge is 2.43. The number of alkyl halides is 3. The average molecular weight is 393 g/mol. The Bertz CT molecular complexity index is 1000. The Kier molecular flexibility index (Phi) is 5.36. The van der Waals surface area contributed by atoms with E-state index in [1.807, 2.05) is 30.3 Å². The Morgan fingerprint density at radius 1 is 1.14 bits per heavy atom. The molecule has 0 radical (unpaired) electrons. The number of fused-ring (bicyclic) bond motifs is 1. The molecule has 146 valence electrons. The summed E-state index contributed by atoms with van der Waals surface area (Å²) in [6.45, 7) is 0.488. The summed E-state index contributed by atoms with van der Waals surface area (Å²) in [7, 11) is 0. The summed E-state index contributed by atoms with van der Waals surface area (Å²) in [5.74, 6) is -4.12. The molecule has 8 nitrogen and oxygen atoms in total. The SMILES string of the molecule is N[C@@H](Cc1ncnc2c1ncn2Cc1ccccc1)C(=O)OC(=O)C(F)(F)F. The van der Waals surface area contributed by atoms with Crippen molar-refractivity contribution >= 4 is 23.1 Å². The first-order chi connectivity index (χ1) is 13.3. The lowest BCUT2D eigenvalue weighted by molar-refractivity contribution is -0.202. The maximum atomic E-state index is 12.2. The largest absolute Gasteiger partial charge is 0.491 e. The number of carbonyl (C=O) groups excluding carboxylic acids is 2. The summed E-state index contributed by atoms with van der Waals surface area (Å²) in [6.07, 6.45) is -2.79. The highest BCUT2D eigenvalue weighted by Crippen LogP contribution is 2.18. The number of hydrogen-bond donors (Lipinski definition) is 1. The van der Waals surface area contributed by atoms with Crippen LogP contribution in [0.3, 0.4) is 0 Å². The second kappa shape index (κ2) is 7.72. The maximum absolute atomic E-state index is 12.2. The van der Waals surface area contributed by atoms with Gasteiger partial charge in [0.1, 0.15) is 17.9 Å². The van der Waals surface area contributed by atoms with Crippen LogP contribution in [0.25, 0.3) is 11.2 Å². The van der Waals surface area contributed by atoms with E-state index in [1.165, 1.54) is 12.7 Å². The van der Waals surface area contributed by atoms with Gasteiger partial charge in [0.05, 0.1) is 18.6 Å². The number of halogens is 3. The van der Waals surface area contributed by atoms with Crippen LogP contribution in [0.1, 0.15) is 11.3 Å². The van der Waals surface area contributed by atoms with Crippen LogP contribution in [0.4, 0.5) is 13.2 Å². The van der Waals surface area contributed by atoms with Crippen LogP contribution in [0.5, 0.6) is 0 Å². The van der Waals surface area contributed by atoms with Crippen molar-refractivity contribution in [1.82, 2.24) is 19.5 Å². The van der Waals surface area contributed by atoms with Gasteiger partial charge in [-0.05, 0) is 5.56 Å². The van der Waals surface area contributed by atoms with Crippen molar-refractivity contribution in [3.63, 3.8) is 0 Å². The van der Waals surface area contributed by atoms with Crippen LogP contribution in [0, 0.1) is 0 Å². The smallest absolute Gasteiger partial charge is 0.385 e. The van der Waals surface area contributed by atoms with Gasteiger partial charge in [0.25, 0.3) is 0 Å². The normalized spacial score (nSPS) is 12.7. The van der Waals surface area contributed by atoms with Crippen LogP contribution < -0.4 is 5.73 Å². The number of aromatic nitrogens is 4. The van der Waals surface area contributed by atoms with Crippen molar-refractivity contribution in [2.24, 2.45) is 5.73 Å². The lowest BCUT2D eigenvalue weighted by Crippen LogP contribution is -2.39. The molecule has 1 atom stereocenters. The first-order valence-corrected chi connectivity index (χ1v) is 8.02. The van der Waals surface area contributed by atoms with Crippen molar-refractivity contribution < 1.29 is 27.5 Å². The molecule has 2 heterocycles. The van der Waals surface area contributed by atoms with Gasteiger partial charge in [-0.25, -0.2) is 24.5 Å². The van der Waals surface area contributed by atoms with E-state index in [1.54, 1.807) is 4.57 Å². The summed E-state index contributed by atoms with van der Waals surface area (Å²) in [6, 6.07) is 8.00. The number of nitrogens with zero attached hydrogens (tertiary/aromatic N) is 4. The molecule has 0 aliphatic rings. The molecule has 1 aromatic carbocycles. The van der Waals surface area contributed by atoms with Gasteiger partial charge in [-0.3, -0.25) is 0 Å². The Balaban J connectivity index is 1.77. The molecule has 0 unspecified atom stereocenters. The number of esters is 2. The molecule has 0 aliphatic heterocycles. The first kappa shape index (κ1) is 19.4. The van der Waals surface area contributed by atoms with Gasteiger partial charge in [-0.15, -0.1) is 0 Å². The summed E-state index contributed by atoms with van der Waals surface area (Å²) >= 11 is 0. The van der Waals surface area contributed by atoms with Crippen molar-refractivity contribution in [3.05, 3.63) is 54.2 Å². The predicted octanol–water partition coefficient (Wildman–Crippen LogP) is 1.38. The van der Waals surface area contributed by atoms with Crippen LogP contribution in [0.2, 0.25) is 0 Å². The number of ether oxygens (including phenoxy) is 1. The van der Waals surface area contributed by atoms with Crippen molar-refractivity contribution in [1.29, 1.82) is 0 Å². The van der Waals surface area contributed by atoms with Crippen molar-refractivity contribution in [2.75, 3.05) is 0 Å². The highest BCUT2D eigenvalue weighted by molar-refractivity contribution is 5.91. The molecule has 3 rings (SSSR count). The Labute approximate surface area is 156 Å². The lowest BCUT2D eigenvalue weighted by atomic mass is 10.1. The molecule has 0 bridgehead atoms. The van der Waals surface area contributed by atoms with Gasteiger partial charge in [-0.1, -0.05) is 30.3 Å². The van der Waals surface area contributed by atoms with Gasteiger partial charge in [0.2, 0.25) is 0 Å². The summed E-state index contributed by atoms with van der Waals surface area (Å²) < 4.78 is 42.1. The second-order valence-corrected chi connectivity index (χ2v) is 5.87. The minimum Gasteiger partial charge on any atom is -0.385 e. The van der Waals surface area contributed by atoms with Gasteiger partial charge in [0, 0.05) is 6.42 Å². The molecule has 0 aliphatic carbocycles. The van der Waals surface area contributed by atoms with Gasteiger partial charge in [0.15, 0.2) is 5.65 Å². The van der Waals surface area contributed by atoms with E-state index in [4.69, 9.17) is 5.73 Å². The Hall–Kier alpha value is -3.34. The molecule has 3 aromatic rings. The fourth-order valence-corrected chi connectivity index (χ4v) is 2.49. The molecule has 0 saturated carbocycles. The molecule has 28 heavy (non-hydrogen) atoms. The first-order valence-electron chi connectivity index (χ1n) is 8.02. The predicted molar refractivity (Wildman–Crippen MR) is 89.7 cm³/mol. The number of nitrogens with two attached hydrogens (primary N) is 1. The molecular weight excluding hydrogens is 379 g/mol. The van der Waals surface area contributed by atoms with Crippen LogP contribution in [-0.4, -0.2) is 43.7 Å². The van der Waals surface area contributed by atoms with Crippen molar-refractivity contribution in [2.45, 2.75) is 25.2 Å². The fourth-order valence-electron chi connectivity index (χ4n) is 2.49. The molecule has 2 aromatic heterocycles. The number of rotatable bonds is 5. The minimum atomic E-state index is -5.28. The number of hydrogen-bond acceptors (Lipinski definition) is 7. The summed E-state index contributed by atoms with van der Waals surface area (Å²) in [5.41, 5.74) is 7.65. The third-order valence-corrected chi connectivity index (χ3v) is 3.81. The number of imidazole rings is 1. The van der Waals surface area contributed by atoms with Crippen molar-refractivity contribution in [3.8, 4) is 0 Å². The van der Waals surface area contributed by atoms with E-state index in [0.717, 1.165) is 5.56 Å². The van der Waals surface area contributed by atoms with Crippen LogP contribution >= 0.6 is 0 Å². The molecule has 2 N–H and O–H groups in total. The zero-order valence-electron chi connectivity index (χ0n) is 14.3. The standard InChI is InChI=1S/C17H14F3N5O3/c18-17(19,20)16(27)28-15(26)11(21)6-12-13-14(23-8-22-12)25(9-24-13)7-10-4-2-1-3-5-10/h1-5,8-9,11H,6-7,21H2/t11-/m0/s1. The molecule has 0 saturated heterocycles. The van der Waals surface area contributed by atoms with E-state index in [9.17, 15) is 22.8 Å². The average Bonchev–Trinajstić information content (AvgIpc) is 3.05. The zero-order valence-corrected chi connectivity index (χ0v) is 14.3. The minimum absolute atomic E-state index is 0.251. The number of carbonyl (C=O) groups is 2. The molecule has 11 heteroatoms. The monoisotopic (exact) mass is 393 g/mol. The third-order valence-electron chi connectivity index (χ3n) is 3.81. The molecule has 0 amide bonds. The summed E-state index contributed by atoms with van der Waals surface area (Å²) in [5, 5.41) is 0. The molecule has 0 spiro atoms. The highest BCUT2D eigenvalue weighted by atomic mass is 19.4. The lowest BCUT2D eigenvalue weighted by Gasteiger charge is -2.11. The maximum Gasteiger partial charge on any atom is 0.491 e. The van der Waals surface area contributed by atoms with E-state index >= 15 is 0 Å². The number of benzene rings is 1. The quantitative estimate of drug-likeness (QED) is 0.515. The Morgan fingerprint density at radius 2 is 1.86 bits per heavy atom. The van der Waals surface area contributed by atoms with E-state index in [-0.39, 0.29) is 12.1 Å². The van der Waals surface area contributed by atoms with Gasteiger partial charge < -0.3 is 15.0 Å². The topological polar surface area (TPSA) is 113 Å². The zero-order chi connectivity index (χ0) is 20.3. The van der Waals surface area contributed by atoms with Crippen LogP contribution in [0.15, 0.2) is 43.0 Å². The molecule has 0 fully saturated rings. The third kappa shape index (κ3) is 4.31. The van der Waals surface area contributed by atoms with Gasteiger partial charge in [-0.2, -0.15) is 13.2 Å². The van der Waals surface area contributed by atoms with E-state index in [2.05, 4.69) is 19.7 Å².